The van der Waals surface area contributed by atoms with E-state index < -0.39 is 0 Å². The first kappa shape index (κ1) is 18.0. The number of ether oxygens (including phenoxy) is 1. The van der Waals surface area contributed by atoms with Gasteiger partial charge >= 0.3 is 0 Å². The molecule has 21 heavy (non-hydrogen) atoms. The highest BCUT2D eigenvalue weighted by atomic mass is 32.2. The summed E-state index contributed by atoms with van der Waals surface area (Å²) < 4.78 is 5.22. The first-order valence-electron chi connectivity index (χ1n) is 7.51. The number of hydrogen-bond donors (Lipinski definition) is 1. The van der Waals surface area contributed by atoms with Gasteiger partial charge in [0.25, 0.3) is 0 Å². The fourth-order valence-corrected chi connectivity index (χ4v) is 2.33. The van der Waals surface area contributed by atoms with E-state index in [1.165, 1.54) is 0 Å². The third kappa shape index (κ3) is 6.52. The van der Waals surface area contributed by atoms with Gasteiger partial charge in [0.05, 0.1) is 6.61 Å². The lowest BCUT2D eigenvalue weighted by molar-refractivity contribution is 0.204. The minimum absolute atomic E-state index is 0.571. The fourth-order valence-electron chi connectivity index (χ4n) is 1.95. The van der Waals surface area contributed by atoms with Crippen LogP contribution in [-0.2, 0) is 4.74 Å². The Kier molecular flexibility index (Phi) is 8.45. The second kappa shape index (κ2) is 9.84. The summed E-state index contributed by atoms with van der Waals surface area (Å²) in [6, 6.07) is 2.04. The van der Waals surface area contributed by atoms with Gasteiger partial charge in [0.2, 0.25) is 0 Å². The van der Waals surface area contributed by atoms with Crippen LogP contribution in [0, 0.1) is 5.92 Å². The molecule has 0 fully saturated rings. The number of nitrogens with one attached hydrogen (secondary N) is 1. The largest absolute Gasteiger partial charge is 0.383 e. The van der Waals surface area contributed by atoms with Gasteiger partial charge in [0.15, 0.2) is 5.16 Å². The van der Waals surface area contributed by atoms with Crippen LogP contribution < -0.4 is 10.2 Å². The highest BCUT2D eigenvalue weighted by Gasteiger charge is 2.13. The molecule has 0 aliphatic carbocycles. The predicted molar refractivity (Wildman–Crippen MR) is 91.5 cm³/mol. The van der Waals surface area contributed by atoms with Gasteiger partial charge in [-0.25, -0.2) is 9.97 Å². The van der Waals surface area contributed by atoms with E-state index in [0.29, 0.717) is 12.5 Å². The van der Waals surface area contributed by atoms with Gasteiger partial charge in [0, 0.05) is 32.8 Å². The molecule has 0 saturated carbocycles. The van der Waals surface area contributed by atoms with Crippen molar-refractivity contribution >= 4 is 23.4 Å². The minimum atomic E-state index is 0.571. The van der Waals surface area contributed by atoms with E-state index in [4.69, 9.17) is 4.74 Å². The first-order chi connectivity index (χ1) is 10.1. The van der Waals surface area contributed by atoms with Gasteiger partial charge in [0.1, 0.15) is 11.6 Å². The zero-order chi connectivity index (χ0) is 15.7. The summed E-state index contributed by atoms with van der Waals surface area (Å²) in [6.45, 7) is 10.00. The van der Waals surface area contributed by atoms with Crippen molar-refractivity contribution in [1.29, 1.82) is 0 Å². The Morgan fingerprint density at radius 2 is 2.14 bits per heavy atom. The topological polar surface area (TPSA) is 50.3 Å². The highest BCUT2D eigenvalue weighted by Crippen LogP contribution is 2.21. The molecule has 0 radical (unpaired) electrons. The monoisotopic (exact) mass is 312 g/mol. The molecule has 1 aromatic heterocycles. The molecule has 0 unspecified atom stereocenters. The van der Waals surface area contributed by atoms with Gasteiger partial charge < -0.3 is 15.0 Å². The Morgan fingerprint density at radius 1 is 1.38 bits per heavy atom. The van der Waals surface area contributed by atoms with Gasteiger partial charge in [-0.15, -0.1) is 0 Å². The molecule has 0 bridgehead atoms. The molecular formula is C15H28N4OS. The first-order valence-corrected chi connectivity index (χ1v) is 8.74. The lowest BCUT2D eigenvalue weighted by atomic mass is 10.2. The van der Waals surface area contributed by atoms with Crippen molar-refractivity contribution in [1.82, 2.24) is 9.97 Å². The van der Waals surface area contributed by atoms with E-state index in [0.717, 1.165) is 42.8 Å². The van der Waals surface area contributed by atoms with Crippen LogP contribution >= 0.6 is 11.8 Å². The number of anilines is 2. The van der Waals surface area contributed by atoms with E-state index in [1.54, 1.807) is 18.9 Å². The molecule has 0 aromatic carbocycles. The molecule has 0 aliphatic rings. The van der Waals surface area contributed by atoms with Crippen LogP contribution in [0.5, 0.6) is 0 Å². The minimum Gasteiger partial charge on any atom is -0.383 e. The third-order valence-corrected chi connectivity index (χ3v) is 3.45. The molecular weight excluding hydrogens is 284 g/mol. The fraction of sp³-hybridized carbons (Fsp3) is 0.733. The Morgan fingerprint density at radius 3 is 2.71 bits per heavy atom. The van der Waals surface area contributed by atoms with Gasteiger partial charge in [-0.05, 0) is 18.6 Å². The van der Waals surface area contributed by atoms with Crippen molar-refractivity contribution in [3.8, 4) is 0 Å². The number of aromatic nitrogens is 2. The molecule has 0 amide bonds. The Balaban J connectivity index is 2.97. The third-order valence-electron chi connectivity index (χ3n) is 2.91. The SMILES string of the molecule is CCCNc1cc(N(CCOC)CC(C)C)nc(SC)n1. The second-order valence-corrected chi connectivity index (χ2v) is 6.13. The maximum Gasteiger partial charge on any atom is 0.191 e. The predicted octanol–water partition coefficient (Wildman–Crippen LogP) is 3.13. The van der Waals surface area contributed by atoms with E-state index in [1.807, 2.05) is 12.3 Å². The van der Waals surface area contributed by atoms with Crippen LogP contribution in [0.4, 0.5) is 11.6 Å². The molecule has 1 aromatic rings. The van der Waals surface area contributed by atoms with Crippen molar-refractivity contribution < 1.29 is 4.74 Å². The van der Waals surface area contributed by atoms with Crippen LogP contribution in [0.3, 0.4) is 0 Å². The summed E-state index contributed by atoms with van der Waals surface area (Å²) in [5.41, 5.74) is 0. The van der Waals surface area contributed by atoms with Crippen LogP contribution in [-0.4, -0.2) is 49.6 Å². The molecule has 5 nitrogen and oxygen atoms in total. The average Bonchev–Trinajstić information content (AvgIpc) is 2.48. The van der Waals surface area contributed by atoms with Crippen molar-refractivity contribution in [3.05, 3.63) is 6.07 Å². The lowest BCUT2D eigenvalue weighted by Crippen LogP contribution is -2.32. The number of methoxy groups -OCH3 is 1. The zero-order valence-corrected chi connectivity index (χ0v) is 14.7. The summed E-state index contributed by atoms with van der Waals surface area (Å²) in [5, 5.41) is 4.15. The van der Waals surface area contributed by atoms with Crippen molar-refractivity contribution in [3.63, 3.8) is 0 Å². The molecule has 0 atom stereocenters. The Labute approximate surface area is 132 Å². The lowest BCUT2D eigenvalue weighted by Gasteiger charge is -2.26. The van der Waals surface area contributed by atoms with Gasteiger partial charge in [-0.2, -0.15) is 0 Å². The molecule has 120 valence electrons. The highest BCUT2D eigenvalue weighted by molar-refractivity contribution is 7.98. The van der Waals surface area contributed by atoms with Crippen molar-refractivity contribution in [2.24, 2.45) is 5.92 Å². The quantitative estimate of drug-likeness (QED) is 0.529. The summed E-state index contributed by atoms with van der Waals surface area (Å²) in [6.07, 6.45) is 3.08. The summed E-state index contributed by atoms with van der Waals surface area (Å²) in [7, 11) is 1.73. The summed E-state index contributed by atoms with van der Waals surface area (Å²) in [4.78, 5) is 11.4. The van der Waals surface area contributed by atoms with Gasteiger partial charge in [-0.3, -0.25) is 0 Å². The molecule has 1 rings (SSSR count). The van der Waals surface area contributed by atoms with E-state index >= 15 is 0 Å². The normalized spacial score (nSPS) is 11.0. The van der Waals surface area contributed by atoms with Crippen LogP contribution in [0.2, 0.25) is 0 Å². The van der Waals surface area contributed by atoms with Crippen molar-refractivity contribution in [2.75, 3.05) is 49.8 Å². The second-order valence-electron chi connectivity index (χ2n) is 5.36. The van der Waals surface area contributed by atoms with Crippen LogP contribution in [0.1, 0.15) is 27.2 Å². The molecule has 6 heteroatoms. The molecule has 0 saturated heterocycles. The Bertz CT molecular complexity index is 415. The maximum absolute atomic E-state index is 5.22. The molecule has 0 spiro atoms. The van der Waals surface area contributed by atoms with Crippen LogP contribution in [0.15, 0.2) is 11.2 Å². The maximum atomic E-state index is 5.22. The molecule has 1 heterocycles. The van der Waals surface area contributed by atoms with Crippen molar-refractivity contribution in [2.45, 2.75) is 32.3 Å². The smallest absolute Gasteiger partial charge is 0.191 e. The molecule has 0 aliphatic heterocycles. The number of rotatable bonds is 10. The average molecular weight is 312 g/mol. The Hall–Kier alpha value is -1.01. The standard InChI is InChI=1S/C15H28N4OS/c1-6-7-16-13-10-14(18-15(17-13)21-5)19(8-9-20-4)11-12(2)3/h10,12H,6-9,11H2,1-5H3,(H,16,17,18). The summed E-state index contributed by atoms with van der Waals surface area (Å²) in [5.74, 6) is 2.44. The number of hydrogen-bond acceptors (Lipinski definition) is 6. The van der Waals surface area contributed by atoms with E-state index in [9.17, 15) is 0 Å². The van der Waals surface area contributed by atoms with Crippen LogP contribution in [0.25, 0.3) is 0 Å². The zero-order valence-electron chi connectivity index (χ0n) is 13.8. The number of nitrogens with zero attached hydrogens (tertiary/aromatic N) is 3. The van der Waals surface area contributed by atoms with E-state index in [2.05, 4.69) is 41.0 Å². The summed E-state index contributed by atoms with van der Waals surface area (Å²) >= 11 is 1.57. The number of thioether (sulfide) groups is 1. The van der Waals surface area contributed by atoms with E-state index in [-0.39, 0.29) is 0 Å². The van der Waals surface area contributed by atoms with Gasteiger partial charge in [-0.1, -0.05) is 32.5 Å². The molecule has 1 N–H and O–H groups in total.